The number of rotatable bonds is 2. The van der Waals surface area contributed by atoms with Crippen LogP contribution in [0, 0.1) is 12.7 Å². The van der Waals surface area contributed by atoms with Crippen LogP contribution in [0.2, 0.25) is 0 Å². The molecular weight excluding hydrogens is 325 g/mol. The molecule has 0 amide bonds. The predicted molar refractivity (Wildman–Crippen MR) is 93.6 cm³/mol. The maximum absolute atomic E-state index is 13.2. The van der Waals surface area contributed by atoms with Gasteiger partial charge in [-0.15, -0.1) is 11.3 Å². The van der Waals surface area contributed by atoms with Crippen LogP contribution in [0.4, 0.5) is 4.39 Å². The van der Waals surface area contributed by atoms with Gasteiger partial charge in [-0.2, -0.15) is 0 Å². The molecule has 1 N–H and O–H groups in total. The highest BCUT2D eigenvalue weighted by molar-refractivity contribution is 7.19. The zero-order valence-electron chi connectivity index (χ0n) is 12.7. The number of halogens is 1. The van der Waals surface area contributed by atoms with Gasteiger partial charge in [-0.05, 0) is 36.8 Å². The third kappa shape index (κ3) is 2.41. The predicted octanol–water partition coefficient (Wildman–Crippen LogP) is 4.16. The standard InChI is InChI=1S/C18H12FN3OS/c1-10-14(11-4-6-13(19)7-5-11)15-17(23)21-16(22-18(15)24-10)12-3-2-8-20-9-12/h2-9H,1H3,(H,21,22,23). The SMILES string of the molecule is Cc1sc2nc(-c3cccnc3)[nH]c(=O)c2c1-c1ccc(F)cc1. The topological polar surface area (TPSA) is 58.6 Å². The number of aryl methyl sites for hydroxylation is 1. The van der Waals surface area contributed by atoms with Crippen molar-refractivity contribution in [3.05, 3.63) is 69.8 Å². The summed E-state index contributed by atoms with van der Waals surface area (Å²) >= 11 is 1.46. The van der Waals surface area contributed by atoms with Crippen LogP contribution in [0.25, 0.3) is 32.7 Å². The van der Waals surface area contributed by atoms with Crippen molar-refractivity contribution < 1.29 is 4.39 Å². The Morgan fingerprint density at radius 2 is 1.92 bits per heavy atom. The average Bonchev–Trinajstić information content (AvgIpc) is 2.93. The Balaban J connectivity index is 1.97. The van der Waals surface area contributed by atoms with Gasteiger partial charge in [-0.25, -0.2) is 9.37 Å². The lowest BCUT2D eigenvalue weighted by Gasteiger charge is -2.03. The fraction of sp³-hybridized carbons (Fsp3) is 0.0556. The van der Waals surface area contributed by atoms with Crippen molar-refractivity contribution in [2.45, 2.75) is 6.92 Å². The van der Waals surface area contributed by atoms with E-state index in [1.807, 2.05) is 13.0 Å². The number of H-pyrrole nitrogens is 1. The minimum Gasteiger partial charge on any atom is -0.306 e. The zero-order valence-corrected chi connectivity index (χ0v) is 13.5. The highest BCUT2D eigenvalue weighted by Gasteiger charge is 2.17. The number of benzene rings is 1. The molecule has 0 bridgehead atoms. The molecule has 4 rings (SSSR count). The minimum absolute atomic E-state index is 0.206. The van der Waals surface area contributed by atoms with E-state index < -0.39 is 0 Å². The molecule has 0 fully saturated rings. The lowest BCUT2D eigenvalue weighted by atomic mass is 10.0. The first-order chi connectivity index (χ1) is 11.6. The third-order valence-corrected chi connectivity index (χ3v) is 4.80. The Labute approximate surface area is 140 Å². The van der Waals surface area contributed by atoms with E-state index >= 15 is 0 Å². The van der Waals surface area contributed by atoms with Gasteiger partial charge >= 0.3 is 0 Å². The Morgan fingerprint density at radius 1 is 1.12 bits per heavy atom. The maximum Gasteiger partial charge on any atom is 0.260 e. The van der Waals surface area contributed by atoms with Crippen LogP contribution in [0.15, 0.2) is 53.6 Å². The molecule has 3 heterocycles. The summed E-state index contributed by atoms with van der Waals surface area (Å²) < 4.78 is 13.2. The van der Waals surface area contributed by atoms with Crippen LogP contribution in [-0.2, 0) is 0 Å². The van der Waals surface area contributed by atoms with Gasteiger partial charge in [0.15, 0.2) is 0 Å². The third-order valence-electron chi connectivity index (χ3n) is 3.81. The molecule has 0 aliphatic rings. The highest BCUT2D eigenvalue weighted by Crippen LogP contribution is 2.36. The molecule has 0 unspecified atom stereocenters. The van der Waals surface area contributed by atoms with E-state index in [9.17, 15) is 9.18 Å². The van der Waals surface area contributed by atoms with Crippen LogP contribution in [0.3, 0.4) is 0 Å². The van der Waals surface area contributed by atoms with Crippen molar-refractivity contribution in [2.75, 3.05) is 0 Å². The molecule has 0 atom stereocenters. The lowest BCUT2D eigenvalue weighted by molar-refractivity contribution is 0.628. The number of fused-ring (bicyclic) bond motifs is 1. The number of aromatic nitrogens is 3. The summed E-state index contributed by atoms with van der Waals surface area (Å²) in [6, 6.07) is 9.78. The molecule has 3 aromatic heterocycles. The van der Waals surface area contributed by atoms with Gasteiger partial charge in [-0.3, -0.25) is 9.78 Å². The van der Waals surface area contributed by atoms with E-state index in [-0.39, 0.29) is 11.4 Å². The Morgan fingerprint density at radius 3 is 2.62 bits per heavy atom. The van der Waals surface area contributed by atoms with Gasteiger partial charge in [-0.1, -0.05) is 12.1 Å². The van der Waals surface area contributed by atoms with E-state index in [1.54, 1.807) is 30.6 Å². The number of hydrogen-bond acceptors (Lipinski definition) is 4. The molecule has 6 heteroatoms. The summed E-state index contributed by atoms with van der Waals surface area (Å²) in [6.07, 6.45) is 3.33. The van der Waals surface area contributed by atoms with Gasteiger partial charge in [0.25, 0.3) is 5.56 Å². The first kappa shape index (κ1) is 14.7. The summed E-state index contributed by atoms with van der Waals surface area (Å²) in [5.41, 5.74) is 2.16. The molecule has 0 saturated carbocycles. The van der Waals surface area contributed by atoms with E-state index in [0.717, 1.165) is 21.6 Å². The fourth-order valence-electron chi connectivity index (χ4n) is 2.72. The Hall–Kier alpha value is -2.86. The molecular formula is C18H12FN3OS. The molecule has 0 spiro atoms. The fourth-order valence-corrected chi connectivity index (χ4v) is 3.77. The van der Waals surface area contributed by atoms with Crippen molar-refractivity contribution in [2.24, 2.45) is 0 Å². The number of aromatic amines is 1. The summed E-state index contributed by atoms with van der Waals surface area (Å²) in [4.78, 5) is 25.8. The maximum atomic E-state index is 13.2. The summed E-state index contributed by atoms with van der Waals surface area (Å²) in [5.74, 6) is 0.189. The molecule has 4 aromatic rings. The molecule has 0 radical (unpaired) electrons. The van der Waals surface area contributed by atoms with E-state index in [4.69, 9.17) is 0 Å². The van der Waals surface area contributed by atoms with Crippen molar-refractivity contribution >= 4 is 21.6 Å². The van der Waals surface area contributed by atoms with Crippen LogP contribution >= 0.6 is 11.3 Å². The van der Waals surface area contributed by atoms with Crippen LogP contribution < -0.4 is 5.56 Å². The monoisotopic (exact) mass is 337 g/mol. The largest absolute Gasteiger partial charge is 0.306 e. The number of hydrogen-bond donors (Lipinski definition) is 1. The lowest BCUT2D eigenvalue weighted by Crippen LogP contribution is -2.09. The first-order valence-corrected chi connectivity index (χ1v) is 8.15. The molecule has 118 valence electrons. The van der Waals surface area contributed by atoms with E-state index in [0.29, 0.717) is 16.0 Å². The van der Waals surface area contributed by atoms with Crippen molar-refractivity contribution in [3.63, 3.8) is 0 Å². The molecule has 0 saturated heterocycles. The number of thiophene rings is 1. The molecule has 0 aliphatic carbocycles. The van der Waals surface area contributed by atoms with Crippen molar-refractivity contribution in [1.29, 1.82) is 0 Å². The van der Waals surface area contributed by atoms with Crippen LogP contribution in [0.5, 0.6) is 0 Å². The van der Waals surface area contributed by atoms with Crippen LogP contribution in [-0.4, -0.2) is 15.0 Å². The normalized spacial score (nSPS) is 11.1. The van der Waals surface area contributed by atoms with Gasteiger partial charge in [0.2, 0.25) is 0 Å². The number of pyridine rings is 1. The second-order valence-electron chi connectivity index (χ2n) is 5.38. The number of nitrogens with zero attached hydrogens (tertiary/aromatic N) is 2. The van der Waals surface area contributed by atoms with E-state index in [1.165, 1.54) is 23.5 Å². The highest BCUT2D eigenvalue weighted by atomic mass is 32.1. The van der Waals surface area contributed by atoms with Gasteiger partial charge in [0, 0.05) is 28.4 Å². The van der Waals surface area contributed by atoms with Crippen molar-refractivity contribution in [1.82, 2.24) is 15.0 Å². The average molecular weight is 337 g/mol. The molecule has 4 nitrogen and oxygen atoms in total. The van der Waals surface area contributed by atoms with Crippen molar-refractivity contribution in [3.8, 4) is 22.5 Å². The number of nitrogens with one attached hydrogen (secondary N) is 1. The summed E-state index contributed by atoms with van der Waals surface area (Å²) in [6.45, 7) is 1.94. The van der Waals surface area contributed by atoms with E-state index in [2.05, 4.69) is 15.0 Å². The zero-order chi connectivity index (χ0) is 16.7. The first-order valence-electron chi connectivity index (χ1n) is 7.33. The smallest absolute Gasteiger partial charge is 0.260 e. The summed E-state index contributed by atoms with van der Waals surface area (Å²) in [7, 11) is 0. The minimum atomic E-state index is -0.304. The Kier molecular flexibility index (Phi) is 3.46. The quantitative estimate of drug-likeness (QED) is 0.597. The second-order valence-corrected chi connectivity index (χ2v) is 6.58. The molecule has 0 aliphatic heterocycles. The van der Waals surface area contributed by atoms with Crippen LogP contribution in [0.1, 0.15) is 4.88 Å². The van der Waals surface area contributed by atoms with Gasteiger partial charge in [0.1, 0.15) is 16.5 Å². The van der Waals surface area contributed by atoms with Gasteiger partial charge in [0.05, 0.1) is 5.39 Å². The Bertz CT molecular complexity index is 1090. The second kappa shape index (κ2) is 5.65. The summed E-state index contributed by atoms with van der Waals surface area (Å²) in [5, 5.41) is 0.539. The van der Waals surface area contributed by atoms with Gasteiger partial charge < -0.3 is 4.98 Å². The molecule has 24 heavy (non-hydrogen) atoms. The molecule has 1 aromatic carbocycles.